The number of hydrogen-bond acceptors (Lipinski definition) is 4. The third-order valence-corrected chi connectivity index (χ3v) is 6.95. The quantitative estimate of drug-likeness (QED) is 0.438. The van der Waals surface area contributed by atoms with Gasteiger partial charge in [-0.3, -0.25) is 4.79 Å². The van der Waals surface area contributed by atoms with Gasteiger partial charge < -0.3 is 9.67 Å². The summed E-state index contributed by atoms with van der Waals surface area (Å²) in [7, 11) is 0. The van der Waals surface area contributed by atoms with E-state index in [2.05, 4.69) is 11.5 Å². The molecule has 1 aliphatic carbocycles. The standard InChI is InChI=1S/C27H30FN3O2/c1-26(13-8-14-26)31-24-15-19(18-29)22(28)16-23(24)30-25(31)12-7-6-11-21(32)17-27(2,33)20-9-4-3-5-10-20/h3-5,9-10,15-16,33H,6-8,11-14,17H2,1-2H3/t27-/m0/s1. The van der Waals surface area contributed by atoms with E-state index < -0.39 is 11.4 Å². The molecular formula is C27H30FN3O2. The van der Waals surface area contributed by atoms with E-state index >= 15 is 0 Å². The molecule has 1 atom stereocenters. The highest BCUT2D eigenvalue weighted by Gasteiger charge is 2.36. The van der Waals surface area contributed by atoms with Crippen molar-refractivity contribution in [2.45, 2.75) is 76.4 Å². The molecule has 33 heavy (non-hydrogen) atoms. The number of imidazole rings is 1. The van der Waals surface area contributed by atoms with Gasteiger partial charge in [0.25, 0.3) is 0 Å². The Bertz CT molecular complexity index is 1200. The molecule has 0 bridgehead atoms. The second-order valence-electron chi connectivity index (χ2n) is 9.71. The van der Waals surface area contributed by atoms with Crippen LogP contribution < -0.4 is 0 Å². The number of hydrogen-bond donors (Lipinski definition) is 1. The van der Waals surface area contributed by atoms with Crippen molar-refractivity contribution in [2.24, 2.45) is 0 Å². The number of nitrogens with zero attached hydrogens (tertiary/aromatic N) is 3. The number of aryl methyl sites for hydroxylation is 1. The average Bonchev–Trinajstić information content (AvgIpc) is 3.12. The monoisotopic (exact) mass is 447 g/mol. The highest BCUT2D eigenvalue weighted by atomic mass is 19.1. The minimum atomic E-state index is -1.17. The van der Waals surface area contributed by atoms with E-state index in [0.29, 0.717) is 24.8 Å². The van der Waals surface area contributed by atoms with Crippen LogP contribution in [0.15, 0.2) is 42.5 Å². The van der Waals surface area contributed by atoms with Crippen molar-refractivity contribution in [3.05, 3.63) is 65.2 Å². The van der Waals surface area contributed by atoms with Crippen LogP contribution in [0.3, 0.4) is 0 Å². The topological polar surface area (TPSA) is 78.9 Å². The molecule has 0 amide bonds. The molecule has 1 N–H and O–H groups in total. The molecule has 6 heteroatoms. The molecular weight excluding hydrogens is 417 g/mol. The van der Waals surface area contributed by atoms with Gasteiger partial charge in [-0.05, 0) is 57.6 Å². The number of ketones is 1. The summed E-state index contributed by atoms with van der Waals surface area (Å²) >= 11 is 0. The summed E-state index contributed by atoms with van der Waals surface area (Å²) in [6.45, 7) is 3.86. The summed E-state index contributed by atoms with van der Waals surface area (Å²) in [5.74, 6) is 0.366. The number of rotatable bonds is 9. The lowest BCUT2D eigenvalue weighted by Crippen LogP contribution is -2.38. The molecule has 1 aliphatic rings. The third kappa shape index (κ3) is 4.69. The maximum Gasteiger partial charge on any atom is 0.143 e. The molecule has 1 saturated carbocycles. The van der Waals surface area contributed by atoms with Gasteiger partial charge in [-0.2, -0.15) is 5.26 Å². The predicted octanol–water partition coefficient (Wildman–Crippen LogP) is 5.53. The van der Waals surface area contributed by atoms with Crippen molar-refractivity contribution in [3.63, 3.8) is 0 Å². The van der Waals surface area contributed by atoms with Gasteiger partial charge in [0.05, 0.1) is 22.2 Å². The van der Waals surface area contributed by atoms with Crippen LogP contribution >= 0.6 is 0 Å². The lowest BCUT2D eigenvalue weighted by Gasteiger charge is -2.41. The summed E-state index contributed by atoms with van der Waals surface area (Å²) in [5, 5.41) is 20.0. The Morgan fingerprint density at radius 2 is 2.00 bits per heavy atom. The largest absolute Gasteiger partial charge is 0.385 e. The van der Waals surface area contributed by atoms with E-state index in [4.69, 9.17) is 4.98 Å². The number of aliphatic hydroxyl groups is 1. The molecule has 2 aromatic carbocycles. The zero-order chi connectivity index (χ0) is 23.6. The van der Waals surface area contributed by atoms with Crippen LogP contribution in [-0.4, -0.2) is 20.4 Å². The van der Waals surface area contributed by atoms with E-state index in [9.17, 15) is 19.6 Å². The molecule has 0 saturated heterocycles. The average molecular weight is 448 g/mol. The first-order valence-corrected chi connectivity index (χ1v) is 11.6. The Hall–Kier alpha value is -3.04. The predicted molar refractivity (Wildman–Crippen MR) is 125 cm³/mol. The van der Waals surface area contributed by atoms with Gasteiger partial charge in [0.1, 0.15) is 23.5 Å². The van der Waals surface area contributed by atoms with E-state index in [-0.39, 0.29) is 23.3 Å². The molecule has 0 unspecified atom stereocenters. The van der Waals surface area contributed by atoms with Crippen molar-refractivity contribution in [3.8, 4) is 6.07 Å². The molecule has 1 aromatic heterocycles. The molecule has 3 aromatic rings. The number of aromatic nitrogens is 2. The first-order chi connectivity index (χ1) is 15.7. The number of carbonyl (C=O) groups is 1. The van der Waals surface area contributed by atoms with Gasteiger partial charge in [-0.15, -0.1) is 0 Å². The van der Waals surface area contributed by atoms with Crippen LogP contribution in [-0.2, 0) is 22.4 Å². The van der Waals surface area contributed by atoms with E-state index in [1.807, 2.05) is 36.4 Å². The van der Waals surface area contributed by atoms with E-state index in [1.54, 1.807) is 13.0 Å². The Morgan fingerprint density at radius 3 is 2.64 bits per heavy atom. The second-order valence-corrected chi connectivity index (χ2v) is 9.71. The zero-order valence-electron chi connectivity index (χ0n) is 19.3. The van der Waals surface area contributed by atoms with Crippen LogP contribution in [0, 0.1) is 17.1 Å². The Morgan fingerprint density at radius 1 is 1.27 bits per heavy atom. The number of fused-ring (bicyclic) bond motifs is 1. The highest BCUT2D eigenvalue weighted by Crippen LogP contribution is 2.42. The smallest absolute Gasteiger partial charge is 0.143 e. The minimum absolute atomic E-state index is 0.0315. The van der Waals surface area contributed by atoms with Gasteiger partial charge in [-0.1, -0.05) is 30.3 Å². The lowest BCUT2D eigenvalue weighted by molar-refractivity contribution is -0.123. The first-order valence-electron chi connectivity index (χ1n) is 11.6. The van der Waals surface area contributed by atoms with Crippen LogP contribution in [0.25, 0.3) is 11.0 Å². The fourth-order valence-electron chi connectivity index (χ4n) is 4.89. The first kappa shape index (κ1) is 23.1. The molecule has 5 nitrogen and oxygen atoms in total. The molecule has 172 valence electrons. The fourth-order valence-corrected chi connectivity index (χ4v) is 4.89. The van der Waals surface area contributed by atoms with Gasteiger partial charge in [0, 0.05) is 30.9 Å². The molecule has 4 rings (SSSR count). The summed E-state index contributed by atoms with van der Waals surface area (Å²) in [6, 6.07) is 14.2. The maximum atomic E-state index is 14.2. The van der Waals surface area contributed by atoms with Gasteiger partial charge in [0.15, 0.2) is 0 Å². The van der Waals surface area contributed by atoms with Crippen LogP contribution in [0.1, 0.15) is 75.7 Å². The lowest BCUT2D eigenvalue weighted by atomic mass is 9.78. The Labute approximate surface area is 193 Å². The number of carbonyl (C=O) groups excluding carboxylic acids is 1. The molecule has 0 aliphatic heterocycles. The van der Waals surface area contributed by atoms with E-state index in [0.717, 1.165) is 42.6 Å². The SMILES string of the molecule is CC1(n2c(CCCCC(=O)C[C@](C)(O)c3ccccc3)nc3cc(F)c(C#N)cc32)CCC1. The third-order valence-electron chi connectivity index (χ3n) is 6.95. The highest BCUT2D eigenvalue weighted by molar-refractivity contribution is 5.80. The minimum Gasteiger partial charge on any atom is -0.385 e. The van der Waals surface area contributed by atoms with Crippen LogP contribution in [0.2, 0.25) is 0 Å². The summed E-state index contributed by atoms with van der Waals surface area (Å²) in [4.78, 5) is 17.2. The molecule has 0 radical (unpaired) electrons. The molecule has 1 fully saturated rings. The second kappa shape index (κ2) is 9.07. The maximum absolute atomic E-state index is 14.2. The van der Waals surface area contributed by atoms with Crippen molar-refractivity contribution in [1.82, 2.24) is 9.55 Å². The van der Waals surface area contributed by atoms with Gasteiger partial charge >= 0.3 is 0 Å². The fraction of sp³-hybridized carbons (Fsp3) is 0.444. The number of halogens is 1. The van der Waals surface area contributed by atoms with Crippen molar-refractivity contribution in [1.29, 1.82) is 5.26 Å². The van der Waals surface area contributed by atoms with Crippen LogP contribution in [0.4, 0.5) is 4.39 Å². The Kier molecular flexibility index (Phi) is 6.36. The van der Waals surface area contributed by atoms with Crippen LogP contribution in [0.5, 0.6) is 0 Å². The zero-order valence-corrected chi connectivity index (χ0v) is 19.3. The number of Topliss-reactive ketones (excluding diaryl/α,β-unsaturated/α-hetero) is 1. The van der Waals surface area contributed by atoms with Gasteiger partial charge in [-0.25, -0.2) is 9.37 Å². The van der Waals surface area contributed by atoms with Crippen molar-refractivity contribution in [2.75, 3.05) is 0 Å². The van der Waals surface area contributed by atoms with E-state index in [1.165, 1.54) is 6.07 Å². The number of nitriles is 1. The molecule has 0 spiro atoms. The Balaban J connectivity index is 1.43. The van der Waals surface area contributed by atoms with Crippen molar-refractivity contribution < 1.29 is 14.3 Å². The normalized spacial score (nSPS) is 16.7. The summed E-state index contributed by atoms with van der Waals surface area (Å²) < 4.78 is 16.4. The molecule has 1 heterocycles. The summed E-state index contributed by atoms with van der Waals surface area (Å²) in [6.07, 6.45) is 5.81. The van der Waals surface area contributed by atoms with Crippen molar-refractivity contribution >= 4 is 16.8 Å². The summed E-state index contributed by atoms with van der Waals surface area (Å²) in [5.41, 5.74) is 0.913. The number of unbranched alkanes of at least 4 members (excludes halogenated alkanes) is 1. The number of benzene rings is 2. The van der Waals surface area contributed by atoms with Gasteiger partial charge in [0.2, 0.25) is 0 Å².